The van der Waals surface area contributed by atoms with Gasteiger partial charge in [-0.05, 0) is 55.8 Å². The van der Waals surface area contributed by atoms with Crippen molar-refractivity contribution in [2.45, 2.75) is 71.6 Å². The Kier molecular flexibility index (Phi) is 2.81. The van der Waals surface area contributed by atoms with Crippen LogP contribution in [0.1, 0.15) is 71.6 Å². The largest absolute Gasteiger partial charge is 0.300 e. The van der Waals surface area contributed by atoms with Crippen LogP contribution < -0.4 is 0 Å². The molecule has 0 amide bonds. The first-order chi connectivity index (χ1) is 9.95. The highest BCUT2D eigenvalue weighted by Gasteiger charge is 2.54. The van der Waals surface area contributed by atoms with E-state index in [4.69, 9.17) is 0 Å². The van der Waals surface area contributed by atoms with Gasteiger partial charge in [0, 0.05) is 24.7 Å². The van der Waals surface area contributed by atoms with Crippen molar-refractivity contribution >= 4 is 11.6 Å². The molecule has 2 heteroatoms. The Balaban J connectivity index is 1.76. The summed E-state index contributed by atoms with van der Waals surface area (Å²) in [5, 5.41) is 0. The molecule has 0 bridgehead atoms. The molecule has 2 fully saturated rings. The SMILES string of the molecule is C[C@]12CCC(=O)C[C@@H]1CCC1=C2CC[C@]2(C)C(=O)CC[C@@H]12. The molecule has 114 valence electrons. The summed E-state index contributed by atoms with van der Waals surface area (Å²) in [7, 11) is 0. The van der Waals surface area contributed by atoms with E-state index in [2.05, 4.69) is 13.8 Å². The average molecular weight is 286 g/mol. The minimum atomic E-state index is -0.0630. The second-order valence-electron chi connectivity index (χ2n) is 8.33. The van der Waals surface area contributed by atoms with Gasteiger partial charge in [-0.1, -0.05) is 25.0 Å². The Morgan fingerprint density at radius 2 is 1.67 bits per heavy atom. The summed E-state index contributed by atoms with van der Waals surface area (Å²) in [6.45, 7) is 4.63. The maximum Gasteiger partial charge on any atom is 0.139 e. The highest BCUT2D eigenvalue weighted by molar-refractivity contribution is 5.88. The zero-order valence-corrected chi connectivity index (χ0v) is 13.3. The van der Waals surface area contributed by atoms with Gasteiger partial charge in [0.15, 0.2) is 0 Å². The van der Waals surface area contributed by atoms with Gasteiger partial charge in [-0.2, -0.15) is 0 Å². The molecule has 0 aromatic carbocycles. The van der Waals surface area contributed by atoms with Crippen LogP contribution in [0.15, 0.2) is 11.1 Å². The summed E-state index contributed by atoms with van der Waals surface area (Å²) < 4.78 is 0. The zero-order chi connectivity index (χ0) is 14.8. The number of carbonyl (C=O) groups is 2. The lowest BCUT2D eigenvalue weighted by atomic mass is 9.52. The first kappa shape index (κ1) is 13.7. The molecule has 0 saturated heterocycles. The minimum Gasteiger partial charge on any atom is -0.300 e. The lowest BCUT2D eigenvalue weighted by Gasteiger charge is -2.52. The molecule has 0 aliphatic heterocycles. The summed E-state index contributed by atoms with van der Waals surface area (Å²) >= 11 is 0. The third-order valence-electron chi connectivity index (χ3n) is 7.52. The van der Waals surface area contributed by atoms with E-state index in [1.807, 2.05) is 0 Å². The molecule has 0 unspecified atom stereocenters. The summed E-state index contributed by atoms with van der Waals surface area (Å²) in [6.07, 6.45) is 8.95. The van der Waals surface area contributed by atoms with Crippen molar-refractivity contribution < 1.29 is 9.59 Å². The number of carbonyl (C=O) groups excluding carboxylic acids is 2. The van der Waals surface area contributed by atoms with Crippen LogP contribution in [0.2, 0.25) is 0 Å². The van der Waals surface area contributed by atoms with Crippen molar-refractivity contribution in [2.24, 2.45) is 22.7 Å². The summed E-state index contributed by atoms with van der Waals surface area (Å²) in [4.78, 5) is 24.2. The van der Waals surface area contributed by atoms with Crippen LogP contribution >= 0.6 is 0 Å². The van der Waals surface area contributed by atoms with Crippen LogP contribution in [-0.2, 0) is 9.59 Å². The van der Waals surface area contributed by atoms with Crippen LogP contribution in [0.4, 0.5) is 0 Å². The second kappa shape index (κ2) is 4.30. The van der Waals surface area contributed by atoms with Gasteiger partial charge in [-0.3, -0.25) is 9.59 Å². The van der Waals surface area contributed by atoms with E-state index >= 15 is 0 Å². The predicted octanol–water partition coefficient (Wildman–Crippen LogP) is 4.23. The van der Waals surface area contributed by atoms with Gasteiger partial charge in [0.25, 0.3) is 0 Å². The molecule has 0 N–H and O–H groups in total. The van der Waals surface area contributed by atoms with E-state index in [-0.39, 0.29) is 10.8 Å². The van der Waals surface area contributed by atoms with Gasteiger partial charge < -0.3 is 0 Å². The van der Waals surface area contributed by atoms with E-state index in [1.165, 1.54) is 6.42 Å². The topological polar surface area (TPSA) is 34.1 Å². The minimum absolute atomic E-state index is 0.0630. The molecule has 0 aromatic rings. The van der Waals surface area contributed by atoms with E-state index in [0.29, 0.717) is 23.4 Å². The fraction of sp³-hybridized carbons (Fsp3) is 0.789. The summed E-state index contributed by atoms with van der Waals surface area (Å²) in [5.74, 6) is 2.06. The smallest absolute Gasteiger partial charge is 0.139 e. The van der Waals surface area contributed by atoms with Crippen LogP contribution in [0.5, 0.6) is 0 Å². The number of ketones is 2. The number of allylic oxidation sites excluding steroid dienone is 2. The maximum absolute atomic E-state index is 12.3. The first-order valence-corrected chi connectivity index (χ1v) is 8.72. The molecule has 2 nitrogen and oxygen atoms in total. The zero-order valence-electron chi connectivity index (χ0n) is 13.3. The Hall–Kier alpha value is -0.920. The molecule has 4 aliphatic carbocycles. The van der Waals surface area contributed by atoms with Crippen molar-refractivity contribution in [3.63, 3.8) is 0 Å². The van der Waals surface area contributed by atoms with Crippen molar-refractivity contribution in [1.82, 2.24) is 0 Å². The van der Waals surface area contributed by atoms with Gasteiger partial charge in [0.2, 0.25) is 0 Å². The molecule has 21 heavy (non-hydrogen) atoms. The molecular weight excluding hydrogens is 260 g/mol. The Labute approximate surface area is 127 Å². The lowest BCUT2D eigenvalue weighted by molar-refractivity contribution is -0.126. The lowest BCUT2D eigenvalue weighted by Crippen LogP contribution is -2.44. The highest BCUT2D eigenvalue weighted by atomic mass is 16.1. The molecule has 2 saturated carbocycles. The fourth-order valence-electron chi connectivity index (χ4n) is 6.03. The van der Waals surface area contributed by atoms with Crippen molar-refractivity contribution in [3.05, 3.63) is 11.1 Å². The summed E-state index contributed by atoms with van der Waals surface area (Å²) in [5.41, 5.74) is 3.51. The Morgan fingerprint density at radius 3 is 2.48 bits per heavy atom. The number of Topliss-reactive ketones (excluding diaryl/α,β-unsaturated/α-hetero) is 2. The molecule has 0 aromatic heterocycles. The van der Waals surface area contributed by atoms with E-state index in [1.54, 1.807) is 11.1 Å². The number of hydrogen-bond acceptors (Lipinski definition) is 2. The molecule has 4 atom stereocenters. The van der Waals surface area contributed by atoms with Crippen LogP contribution in [-0.4, -0.2) is 11.6 Å². The van der Waals surface area contributed by atoms with Gasteiger partial charge in [0.05, 0.1) is 0 Å². The van der Waals surface area contributed by atoms with Crippen molar-refractivity contribution in [1.29, 1.82) is 0 Å². The normalized spacial score (nSPS) is 46.2. The van der Waals surface area contributed by atoms with Gasteiger partial charge in [-0.15, -0.1) is 0 Å². The molecule has 0 heterocycles. The molecular formula is C19H26O2. The van der Waals surface area contributed by atoms with Gasteiger partial charge in [0.1, 0.15) is 11.6 Å². The first-order valence-electron chi connectivity index (χ1n) is 8.72. The molecule has 4 aliphatic rings. The number of hydrogen-bond donors (Lipinski definition) is 0. The fourth-order valence-corrected chi connectivity index (χ4v) is 6.03. The summed E-state index contributed by atoms with van der Waals surface area (Å²) in [6, 6.07) is 0. The average Bonchev–Trinajstić information content (AvgIpc) is 2.76. The van der Waals surface area contributed by atoms with Gasteiger partial charge >= 0.3 is 0 Å². The van der Waals surface area contributed by atoms with Crippen LogP contribution in [0, 0.1) is 22.7 Å². The van der Waals surface area contributed by atoms with Crippen molar-refractivity contribution in [2.75, 3.05) is 0 Å². The Morgan fingerprint density at radius 1 is 0.905 bits per heavy atom. The third kappa shape index (κ3) is 1.71. The predicted molar refractivity (Wildman–Crippen MR) is 81.8 cm³/mol. The van der Waals surface area contributed by atoms with Crippen LogP contribution in [0.3, 0.4) is 0 Å². The number of rotatable bonds is 0. The monoisotopic (exact) mass is 286 g/mol. The van der Waals surface area contributed by atoms with E-state index < -0.39 is 0 Å². The van der Waals surface area contributed by atoms with E-state index in [0.717, 1.165) is 51.4 Å². The highest BCUT2D eigenvalue weighted by Crippen LogP contribution is 2.62. The quantitative estimate of drug-likeness (QED) is 0.624. The van der Waals surface area contributed by atoms with Crippen molar-refractivity contribution in [3.8, 4) is 0 Å². The van der Waals surface area contributed by atoms with Gasteiger partial charge in [-0.25, -0.2) is 0 Å². The number of fused-ring (bicyclic) bond motifs is 4. The van der Waals surface area contributed by atoms with Crippen LogP contribution in [0.25, 0.3) is 0 Å². The maximum atomic E-state index is 12.3. The molecule has 0 radical (unpaired) electrons. The third-order valence-corrected chi connectivity index (χ3v) is 7.52. The molecule has 0 spiro atoms. The van der Waals surface area contributed by atoms with E-state index in [9.17, 15) is 9.59 Å². The standard InChI is InChI=1S/C19H26O2/c1-18-9-7-13(20)11-12(18)3-4-14-15-5-6-17(21)19(15,2)10-8-16(14)18/h12,15H,3-11H2,1-2H3/t12-,15-,18-,19-/m0/s1. The Bertz CT molecular complexity index is 558. The second-order valence-corrected chi connectivity index (χ2v) is 8.33. The molecule has 4 rings (SSSR count).